The van der Waals surface area contributed by atoms with Crippen molar-refractivity contribution in [3.05, 3.63) is 24.5 Å². The number of nitrogens with zero attached hydrogens (tertiary/aromatic N) is 4. The maximum Gasteiger partial charge on any atom is 0.225 e. The first-order valence-corrected chi connectivity index (χ1v) is 8.63. The Morgan fingerprint density at radius 3 is 2.88 bits per heavy atom. The van der Waals surface area contributed by atoms with Crippen LogP contribution in [-0.4, -0.2) is 46.6 Å². The van der Waals surface area contributed by atoms with Gasteiger partial charge in [0.2, 0.25) is 5.91 Å². The first-order chi connectivity index (χ1) is 11.4. The molecule has 0 aliphatic carbocycles. The summed E-state index contributed by atoms with van der Waals surface area (Å²) in [6.07, 6.45) is 4.65. The van der Waals surface area contributed by atoms with Gasteiger partial charge in [-0.2, -0.15) is 0 Å². The topological polar surface area (TPSA) is 67.4 Å². The minimum atomic E-state index is 0.0447. The highest BCUT2D eigenvalue weighted by atomic mass is 16.2. The van der Waals surface area contributed by atoms with Gasteiger partial charge in [-0.25, -0.2) is 4.98 Å². The number of carbonyl (C=O) groups excluding carboxylic acids is 1. The van der Waals surface area contributed by atoms with Crippen molar-refractivity contribution in [2.45, 2.75) is 33.2 Å². The lowest BCUT2D eigenvalue weighted by atomic mass is 9.91. The standard InChI is InChI=1S/C18H27N5O/c1-12(2)18(24)22-9-6-13(3)16(11-22)21(4)15-5-8-20-17-14(15)7-10-23(17)19/h5,7-8,10,12-13,16H,6,9,11,19H2,1-4H3/t13-,16?/m1/s1. The Kier molecular flexibility index (Phi) is 4.39. The van der Waals surface area contributed by atoms with Gasteiger partial charge < -0.3 is 15.6 Å². The molecule has 1 unspecified atom stereocenters. The summed E-state index contributed by atoms with van der Waals surface area (Å²) in [5.41, 5.74) is 1.89. The van der Waals surface area contributed by atoms with Gasteiger partial charge in [-0.15, -0.1) is 0 Å². The van der Waals surface area contributed by atoms with Crippen LogP contribution in [0.5, 0.6) is 0 Å². The predicted octanol–water partition coefficient (Wildman–Crippen LogP) is 2.08. The summed E-state index contributed by atoms with van der Waals surface area (Å²) in [5, 5.41) is 1.04. The van der Waals surface area contributed by atoms with Crippen LogP contribution < -0.4 is 10.7 Å². The molecule has 6 heteroatoms. The number of nitrogens with two attached hydrogens (primary N) is 1. The molecule has 2 aromatic heterocycles. The number of piperidine rings is 1. The normalized spacial score (nSPS) is 21.5. The molecule has 2 N–H and O–H groups in total. The van der Waals surface area contributed by atoms with Gasteiger partial charge >= 0.3 is 0 Å². The molecule has 1 aliphatic rings. The van der Waals surface area contributed by atoms with E-state index in [9.17, 15) is 4.79 Å². The van der Waals surface area contributed by atoms with Crippen LogP contribution in [0, 0.1) is 11.8 Å². The number of hydrogen-bond donors (Lipinski definition) is 1. The van der Waals surface area contributed by atoms with E-state index >= 15 is 0 Å². The van der Waals surface area contributed by atoms with Crippen LogP contribution in [0.15, 0.2) is 24.5 Å². The monoisotopic (exact) mass is 329 g/mol. The van der Waals surface area contributed by atoms with Crippen molar-refractivity contribution in [1.29, 1.82) is 0 Å². The number of likely N-dealkylation sites (N-methyl/N-ethyl adjacent to an activating group) is 1. The fourth-order valence-electron chi connectivity index (χ4n) is 3.65. The van der Waals surface area contributed by atoms with Crippen LogP contribution in [0.1, 0.15) is 27.2 Å². The predicted molar refractivity (Wildman–Crippen MR) is 97.3 cm³/mol. The van der Waals surface area contributed by atoms with Crippen molar-refractivity contribution in [2.24, 2.45) is 11.8 Å². The Morgan fingerprint density at radius 1 is 1.42 bits per heavy atom. The van der Waals surface area contributed by atoms with Crippen LogP contribution in [0.2, 0.25) is 0 Å². The molecule has 2 aromatic rings. The highest BCUT2D eigenvalue weighted by molar-refractivity contribution is 5.90. The molecule has 0 aromatic carbocycles. The maximum absolute atomic E-state index is 12.4. The summed E-state index contributed by atoms with van der Waals surface area (Å²) in [6.45, 7) is 7.82. The smallest absolute Gasteiger partial charge is 0.225 e. The number of aromatic nitrogens is 2. The first-order valence-electron chi connectivity index (χ1n) is 8.63. The van der Waals surface area contributed by atoms with Crippen LogP contribution in [0.25, 0.3) is 11.0 Å². The average Bonchev–Trinajstić information content (AvgIpc) is 2.95. The van der Waals surface area contributed by atoms with Crippen molar-refractivity contribution in [1.82, 2.24) is 14.6 Å². The highest BCUT2D eigenvalue weighted by Crippen LogP contribution is 2.30. The Morgan fingerprint density at radius 2 is 2.17 bits per heavy atom. The molecular formula is C18H27N5O. The number of nitrogen functional groups attached to an aromatic ring is 1. The van der Waals surface area contributed by atoms with E-state index in [0.717, 1.165) is 36.2 Å². The zero-order valence-corrected chi connectivity index (χ0v) is 14.9. The van der Waals surface area contributed by atoms with Crippen molar-refractivity contribution in [2.75, 3.05) is 30.9 Å². The first kappa shape index (κ1) is 16.6. The highest BCUT2D eigenvalue weighted by Gasteiger charge is 2.32. The molecule has 3 heterocycles. The molecule has 1 amide bonds. The van der Waals surface area contributed by atoms with E-state index in [2.05, 4.69) is 23.9 Å². The summed E-state index contributed by atoms with van der Waals surface area (Å²) < 4.78 is 1.55. The second-order valence-electron chi connectivity index (χ2n) is 7.17. The van der Waals surface area contributed by atoms with Crippen molar-refractivity contribution in [3.63, 3.8) is 0 Å². The van der Waals surface area contributed by atoms with Crippen LogP contribution in [0.3, 0.4) is 0 Å². The van der Waals surface area contributed by atoms with Gasteiger partial charge in [-0.1, -0.05) is 20.8 Å². The third kappa shape index (κ3) is 2.81. The number of carbonyl (C=O) groups is 1. The van der Waals surface area contributed by atoms with Crippen molar-refractivity contribution in [3.8, 4) is 0 Å². The molecule has 1 aliphatic heterocycles. The average molecular weight is 329 g/mol. The van der Waals surface area contributed by atoms with E-state index in [4.69, 9.17) is 5.84 Å². The molecule has 24 heavy (non-hydrogen) atoms. The number of pyridine rings is 1. The summed E-state index contributed by atoms with van der Waals surface area (Å²) >= 11 is 0. The molecule has 6 nitrogen and oxygen atoms in total. The molecule has 3 rings (SSSR count). The number of hydrogen-bond acceptors (Lipinski definition) is 4. The lowest BCUT2D eigenvalue weighted by Crippen LogP contribution is -2.53. The molecule has 1 fully saturated rings. The molecule has 2 atom stereocenters. The molecule has 0 spiro atoms. The number of likely N-dealkylation sites (tertiary alicyclic amines) is 1. The quantitative estimate of drug-likeness (QED) is 0.876. The maximum atomic E-state index is 12.4. The number of amides is 1. The fraction of sp³-hybridized carbons (Fsp3) is 0.556. The van der Waals surface area contributed by atoms with Gasteiger partial charge in [-0.3, -0.25) is 9.47 Å². The third-order valence-corrected chi connectivity index (χ3v) is 5.19. The molecule has 130 valence electrons. The van der Waals surface area contributed by atoms with E-state index in [1.165, 1.54) is 0 Å². The van der Waals surface area contributed by atoms with Crippen molar-refractivity contribution < 1.29 is 4.79 Å². The Bertz CT molecular complexity index is 738. The molecule has 0 saturated carbocycles. The Hall–Kier alpha value is -2.24. The van der Waals surface area contributed by atoms with Gasteiger partial charge in [-0.05, 0) is 24.5 Å². The lowest BCUT2D eigenvalue weighted by Gasteiger charge is -2.43. The van der Waals surface area contributed by atoms with Crippen molar-refractivity contribution >= 4 is 22.6 Å². The van der Waals surface area contributed by atoms with Crippen LogP contribution in [0.4, 0.5) is 5.69 Å². The Labute approximate surface area is 143 Å². The second kappa shape index (κ2) is 6.34. The molecule has 0 bridgehead atoms. The largest absolute Gasteiger partial charge is 0.369 e. The number of anilines is 1. The minimum Gasteiger partial charge on any atom is -0.369 e. The summed E-state index contributed by atoms with van der Waals surface area (Å²) in [5.74, 6) is 6.74. The fourth-order valence-corrected chi connectivity index (χ4v) is 3.65. The number of fused-ring (bicyclic) bond motifs is 1. The van der Waals surface area contributed by atoms with E-state index in [1.807, 2.05) is 37.1 Å². The zero-order chi connectivity index (χ0) is 17.4. The number of rotatable bonds is 3. The summed E-state index contributed by atoms with van der Waals surface area (Å²) in [6, 6.07) is 4.31. The van der Waals surface area contributed by atoms with Gasteiger partial charge in [0.1, 0.15) is 0 Å². The Balaban J connectivity index is 1.89. The minimum absolute atomic E-state index is 0.0447. The van der Waals surface area contributed by atoms with E-state index < -0.39 is 0 Å². The third-order valence-electron chi connectivity index (χ3n) is 5.19. The van der Waals surface area contributed by atoms with Gasteiger partial charge in [0, 0.05) is 55.6 Å². The van der Waals surface area contributed by atoms with Crippen LogP contribution in [-0.2, 0) is 4.79 Å². The second-order valence-corrected chi connectivity index (χ2v) is 7.17. The SMILES string of the molecule is CC(C)C(=O)N1CC[C@@H](C)C(N(C)c2ccnc3c2ccn3N)C1. The summed E-state index contributed by atoms with van der Waals surface area (Å²) in [4.78, 5) is 21.1. The van der Waals surface area contributed by atoms with E-state index in [1.54, 1.807) is 10.9 Å². The van der Waals surface area contributed by atoms with Gasteiger partial charge in [0.15, 0.2) is 5.65 Å². The molecule has 0 radical (unpaired) electrons. The van der Waals surface area contributed by atoms with Gasteiger partial charge in [0.05, 0.1) is 0 Å². The van der Waals surface area contributed by atoms with Gasteiger partial charge in [0.25, 0.3) is 0 Å². The lowest BCUT2D eigenvalue weighted by molar-refractivity contribution is -0.136. The molecule has 1 saturated heterocycles. The summed E-state index contributed by atoms with van der Waals surface area (Å²) in [7, 11) is 2.10. The van der Waals surface area contributed by atoms with Crippen LogP contribution >= 0.6 is 0 Å². The molecular weight excluding hydrogens is 302 g/mol. The van der Waals surface area contributed by atoms with E-state index in [-0.39, 0.29) is 17.9 Å². The zero-order valence-electron chi connectivity index (χ0n) is 14.9. The van der Waals surface area contributed by atoms with E-state index in [0.29, 0.717) is 5.92 Å².